The lowest BCUT2D eigenvalue weighted by Gasteiger charge is -2.09. The zero-order valence-electron chi connectivity index (χ0n) is 10.5. The van der Waals surface area contributed by atoms with Crippen molar-refractivity contribution < 1.29 is 14.6 Å². The van der Waals surface area contributed by atoms with Gasteiger partial charge in [0.25, 0.3) is 0 Å². The maximum Gasteiger partial charge on any atom is 0.303 e. The van der Waals surface area contributed by atoms with Gasteiger partial charge < -0.3 is 9.84 Å². The second kappa shape index (κ2) is 6.94. The lowest BCUT2D eigenvalue weighted by Crippen LogP contribution is -2.04. The van der Waals surface area contributed by atoms with E-state index in [-0.39, 0.29) is 6.42 Å². The number of aliphatic carboxylic acids is 1. The van der Waals surface area contributed by atoms with Gasteiger partial charge >= 0.3 is 5.97 Å². The zero-order valence-corrected chi connectivity index (χ0v) is 10.5. The van der Waals surface area contributed by atoms with Crippen LogP contribution in [0.5, 0.6) is 5.75 Å². The van der Waals surface area contributed by atoms with Crippen molar-refractivity contribution >= 4 is 5.97 Å². The van der Waals surface area contributed by atoms with E-state index in [1.165, 1.54) is 0 Å². The highest BCUT2D eigenvalue weighted by molar-refractivity contribution is 5.66. The maximum absolute atomic E-state index is 10.4. The van der Waals surface area contributed by atoms with E-state index >= 15 is 0 Å². The van der Waals surface area contributed by atoms with Crippen LogP contribution in [0.3, 0.4) is 0 Å². The van der Waals surface area contributed by atoms with Crippen molar-refractivity contribution in [1.29, 1.82) is 0 Å². The van der Waals surface area contributed by atoms with Crippen LogP contribution in [0, 0.1) is 5.92 Å². The first-order valence-corrected chi connectivity index (χ1v) is 6.01. The Bertz CT molecular complexity index is 341. The minimum atomic E-state index is -0.734. The molecule has 0 unspecified atom stereocenters. The topological polar surface area (TPSA) is 46.5 Å². The standard InChI is InChI=1S/C14H20O3/c1-11(2)10-17-13-8-6-12(7-9-13)4-3-5-14(15)16/h6-9,11H,3-5,10H2,1-2H3,(H,15,16). The summed E-state index contributed by atoms with van der Waals surface area (Å²) in [6.07, 6.45) is 1.71. The summed E-state index contributed by atoms with van der Waals surface area (Å²) in [5, 5.41) is 8.54. The maximum atomic E-state index is 10.4. The molecule has 1 aromatic rings. The van der Waals surface area contributed by atoms with Crippen molar-refractivity contribution in [3.63, 3.8) is 0 Å². The van der Waals surface area contributed by atoms with Crippen molar-refractivity contribution in [2.75, 3.05) is 6.61 Å². The summed E-state index contributed by atoms with van der Waals surface area (Å²) in [4.78, 5) is 10.4. The van der Waals surface area contributed by atoms with Crippen LogP contribution < -0.4 is 4.74 Å². The average molecular weight is 236 g/mol. The molecule has 0 saturated carbocycles. The summed E-state index contributed by atoms with van der Waals surface area (Å²) in [5.41, 5.74) is 1.16. The van der Waals surface area contributed by atoms with Crippen LogP contribution in [0.15, 0.2) is 24.3 Å². The molecule has 0 bridgehead atoms. The van der Waals surface area contributed by atoms with Gasteiger partial charge in [-0.3, -0.25) is 4.79 Å². The van der Waals surface area contributed by atoms with Gasteiger partial charge in [0.1, 0.15) is 5.75 Å². The summed E-state index contributed by atoms with van der Waals surface area (Å²) in [5.74, 6) is 0.660. The van der Waals surface area contributed by atoms with Gasteiger partial charge in [-0.1, -0.05) is 26.0 Å². The Balaban J connectivity index is 2.36. The van der Waals surface area contributed by atoms with Crippen LogP contribution in [-0.2, 0) is 11.2 Å². The normalized spacial score (nSPS) is 10.5. The number of ether oxygens (including phenoxy) is 1. The Morgan fingerprint density at radius 2 is 1.94 bits per heavy atom. The second-order valence-electron chi connectivity index (χ2n) is 4.60. The summed E-state index contributed by atoms with van der Waals surface area (Å²) in [6, 6.07) is 7.88. The molecular weight excluding hydrogens is 216 g/mol. The fraction of sp³-hybridized carbons (Fsp3) is 0.500. The van der Waals surface area contributed by atoms with Crippen molar-refractivity contribution in [3.05, 3.63) is 29.8 Å². The van der Waals surface area contributed by atoms with Crippen molar-refractivity contribution in [2.45, 2.75) is 33.1 Å². The molecule has 0 heterocycles. The number of rotatable bonds is 7. The molecule has 3 nitrogen and oxygen atoms in total. The number of carboxylic acids is 1. The molecule has 0 aromatic heterocycles. The number of carbonyl (C=O) groups is 1. The van der Waals surface area contributed by atoms with Crippen molar-refractivity contribution in [1.82, 2.24) is 0 Å². The summed E-state index contributed by atoms with van der Waals surface area (Å²) >= 11 is 0. The third kappa shape index (κ3) is 5.95. The predicted octanol–water partition coefficient (Wildman–Crippen LogP) is 3.13. The fourth-order valence-electron chi connectivity index (χ4n) is 1.46. The third-order valence-corrected chi connectivity index (χ3v) is 2.36. The average Bonchev–Trinajstić information content (AvgIpc) is 2.27. The molecule has 94 valence electrons. The van der Waals surface area contributed by atoms with Gasteiger partial charge in [0.15, 0.2) is 0 Å². The lowest BCUT2D eigenvalue weighted by atomic mass is 10.1. The van der Waals surface area contributed by atoms with Gasteiger partial charge in [0.05, 0.1) is 6.61 Å². The Hall–Kier alpha value is -1.51. The molecule has 0 atom stereocenters. The molecule has 3 heteroatoms. The molecule has 0 aliphatic rings. The van der Waals surface area contributed by atoms with Crippen LogP contribution in [-0.4, -0.2) is 17.7 Å². The molecule has 0 aliphatic heterocycles. The van der Waals surface area contributed by atoms with Gasteiger partial charge in [0.2, 0.25) is 0 Å². The number of carboxylic acid groups (broad SMARTS) is 1. The molecule has 1 aromatic carbocycles. The minimum Gasteiger partial charge on any atom is -0.493 e. The van der Waals surface area contributed by atoms with E-state index in [2.05, 4.69) is 13.8 Å². The quantitative estimate of drug-likeness (QED) is 0.791. The first-order valence-electron chi connectivity index (χ1n) is 6.01. The van der Waals surface area contributed by atoms with E-state index in [0.717, 1.165) is 24.3 Å². The van der Waals surface area contributed by atoms with Crippen LogP contribution >= 0.6 is 0 Å². The fourth-order valence-corrected chi connectivity index (χ4v) is 1.46. The van der Waals surface area contributed by atoms with Gasteiger partial charge in [-0.05, 0) is 36.5 Å². The van der Waals surface area contributed by atoms with Crippen molar-refractivity contribution in [3.8, 4) is 5.75 Å². The molecule has 1 N–H and O–H groups in total. The summed E-state index contributed by atoms with van der Waals surface area (Å²) < 4.78 is 5.57. The Morgan fingerprint density at radius 1 is 1.29 bits per heavy atom. The van der Waals surface area contributed by atoms with Crippen LogP contribution in [0.2, 0.25) is 0 Å². The Morgan fingerprint density at radius 3 is 2.47 bits per heavy atom. The van der Waals surface area contributed by atoms with Crippen LogP contribution in [0.4, 0.5) is 0 Å². The SMILES string of the molecule is CC(C)COc1ccc(CCCC(=O)O)cc1. The van der Waals surface area contributed by atoms with Crippen molar-refractivity contribution in [2.24, 2.45) is 5.92 Å². The highest BCUT2D eigenvalue weighted by Gasteiger charge is 2.00. The van der Waals surface area contributed by atoms with E-state index in [1.54, 1.807) is 0 Å². The monoisotopic (exact) mass is 236 g/mol. The van der Waals surface area contributed by atoms with Gasteiger partial charge in [-0.2, -0.15) is 0 Å². The molecule has 0 amide bonds. The van der Waals surface area contributed by atoms with Gasteiger partial charge in [0, 0.05) is 6.42 Å². The number of hydrogen-bond donors (Lipinski definition) is 1. The van der Waals surface area contributed by atoms with E-state index < -0.39 is 5.97 Å². The number of hydrogen-bond acceptors (Lipinski definition) is 2. The Labute approximate surface area is 102 Å². The highest BCUT2D eigenvalue weighted by atomic mass is 16.5. The van der Waals surface area contributed by atoms with E-state index in [1.807, 2.05) is 24.3 Å². The van der Waals surface area contributed by atoms with E-state index in [0.29, 0.717) is 12.3 Å². The summed E-state index contributed by atoms with van der Waals surface area (Å²) in [7, 11) is 0. The molecule has 0 aliphatic carbocycles. The first kappa shape index (κ1) is 13.6. The molecule has 1 rings (SSSR count). The molecule has 0 saturated heterocycles. The summed E-state index contributed by atoms with van der Waals surface area (Å²) in [6.45, 7) is 4.94. The Kier molecular flexibility index (Phi) is 5.53. The predicted molar refractivity (Wildman–Crippen MR) is 67.3 cm³/mol. The van der Waals surface area contributed by atoms with E-state index in [9.17, 15) is 4.79 Å². The minimum absolute atomic E-state index is 0.228. The van der Waals surface area contributed by atoms with Crippen LogP contribution in [0.1, 0.15) is 32.3 Å². The van der Waals surface area contributed by atoms with E-state index in [4.69, 9.17) is 9.84 Å². The number of benzene rings is 1. The highest BCUT2D eigenvalue weighted by Crippen LogP contribution is 2.14. The van der Waals surface area contributed by atoms with Gasteiger partial charge in [-0.25, -0.2) is 0 Å². The first-order chi connectivity index (χ1) is 8.08. The number of aryl methyl sites for hydroxylation is 1. The third-order valence-electron chi connectivity index (χ3n) is 2.36. The molecular formula is C14H20O3. The van der Waals surface area contributed by atoms with Crippen LogP contribution in [0.25, 0.3) is 0 Å². The zero-order chi connectivity index (χ0) is 12.7. The molecule has 0 fully saturated rings. The lowest BCUT2D eigenvalue weighted by molar-refractivity contribution is -0.137. The second-order valence-corrected chi connectivity index (χ2v) is 4.60. The molecule has 17 heavy (non-hydrogen) atoms. The molecule has 0 radical (unpaired) electrons. The smallest absolute Gasteiger partial charge is 0.303 e. The largest absolute Gasteiger partial charge is 0.493 e. The van der Waals surface area contributed by atoms with Gasteiger partial charge in [-0.15, -0.1) is 0 Å². The molecule has 0 spiro atoms.